The lowest BCUT2D eigenvalue weighted by Crippen LogP contribution is -2.24. The van der Waals surface area contributed by atoms with E-state index in [-0.39, 0.29) is 0 Å². The minimum absolute atomic E-state index is 0.829. The van der Waals surface area contributed by atoms with Gasteiger partial charge in [-0.1, -0.05) is 164 Å². The smallest absolute Gasteiger partial charge is 0.171 e. The molecular formula is C49H32NOPS. The summed E-state index contributed by atoms with van der Waals surface area (Å²) in [6, 6.07) is 67.2. The van der Waals surface area contributed by atoms with Crippen LogP contribution >= 0.6 is 18.5 Å². The maximum atomic E-state index is 14.9. The van der Waals surface area contributed by atoms with E-state index in [2.05, 4.69) is 121 Å². The van der Waals surface area contributed by atoms with Crippen molar-refractivity contribution in [3.05, 3.63) is 194 Å². The second-order valence-electron chi connectivity index (χ2n) is 13.4. The van der Waals surface area contributed by atoms with Crippen LogP contribution in [-0.4, -0.2) is 4.98 Å². The molecule has 2 aromatic heterocycles. The average molecular weight is 714 g/mol. The number of pyridine rings is 1. The number of aromatic nitrogens is 1. The Morgan fingerprint density at radius 2 is 0.925 bits per heavy atom. The Morgan fingerprint density at radius 1 is 0.377 bits per heavy atom. The van der Waals surface area contributed by atoms with E-state index in [0.717, 1.165) is 49.4 Å². The number of para-hydroxylation sites is 1. The van der Waals surface area contributed by atoms with Crippen molar-refractivity contribution in [1.82, 2.24) is 4.98 Å². The average Bonchev–Trinajstić information content (AvgIpc) is 3.62. The van der Waals surface area contributed by atoms with Gasteiger partial charge < -0.3 is 4.57 Å². The minimum atomic E-state index is -3.04. The second kappa shape index (κ2) is 12.8. The number of hydrogen-bond donors (Lipinski definition) is 0. The monoisotopic (exact) mass is 713 g/mol. The van der Waals surface area contributed by atoms with E-state index in [1.54, 1.807) is 0 Å². The van der Waals surface area contributed by atoms with E-state index in [9.17, 15) is 4.57 Å². The topological polar surface area (TPSA) is 30.0 Å². The summed E-state index contributed by atoms with van der Waals surface area (Å²) in [5.41, 5.74) is 7.67. The largest absolute Gasteiger partial charge is 0.309 e. The molecule has 0 spiro atoms. The highest BCUT2D eigenvalue weighted by Crippen LogP contribution is 2.45. The van der Waals surface area contributed by atoms with Crippen molar-refractivity contribution < 1.29 is 4.57 Å². The zero-order valence-corrected chi connectivity index (χ0v) is 30.4. The summed E-state index contributed by atoms with van der Waals surface area (Å²) < 4.78 is 17.5. The summed E-state index contributed by atoms with van der Waals surface area (Å²) in [6.07, 6.45) is 0. The van der Waals surface area contributed by atoms with Crippen molar-refractivity contribution in [2.45, 2.75) is 0 Å². The van der Waals surface area contributed by atoms with Crippen molar-refractivity contribution >= 4 is 76.2 Å². The van der Waals surface area contributed by atoms with Crippen LogP contribution in [0.4, 0.5) is 0 Å². The van der Waals surface area contributed by atoms with Gasteiger partial charge in [0.25, 0.3) is 0 Å². The van der Waals surface area contributed by atoms with E-state index in [1.807, 2.05) is 84.1 Å². The minimum Gasteiger partial charge on any atom is -0.309 e. The van der Waals surface area contributed by atoms with Crippen LogP contribution in [0.25, 0.3) is 75.4 Å². The predicted molar refractivity (Wildman–Crippen MR) is 228 cm³/mol. The molecule has 250 valence electrons. The van der Waals surface area contributed by atoms with Gasteiger partial charge >= 0.3 is 0 Å². The van der Waals surface area contributed by atoms with Gasteiger partial charge in [0.15, 0.2) is 7.14 Å². The van der Waals surface area contributed by atoms with Crippen molar-refractivity contribution in [2.75, 3.05) is 0 Å². The van der Waals surface area contributed by atoms with Crippen molar-refractivity contribution in [3.63, 3.8) is 0 Å². The summed E-state index contributed by atoms with van der Waals surface area (Å²) in [5.74, 6) is 0. The molecule has 10 aromatic rings. The Balaban J connectivity index is 1.09. The summed E-state index contributed by atoms with van der Waals surface area (Å²) >= 11 is 1.85. The van der Waals surface area contributed by atoms with E-state index < -0.39 is 7.14 Å². The molecule has 0 amide bonds. The van der Waals surface area contributed by atoms with Crippen LogP contribution in [0.1, 0.15) is 0 Å². The first-order valence-electron chi connectivity index (χ1n) is 17.8. The van der Waals surface area contributed by atoms with E-state index >= 15 is 0 Å². The Bertz CT molecular complexity index is 2970. The second-order valence-corrected chi connectivity index (χ2v) is 17.3. The number of rotatable bonds is 6. The first-order valence-corrected chi connectivity index (χ1v) is 20.3. The number of hydrogen-bond acceptors (Lipinski definition) is 3. The molecule has 0 saturated carbocycles. The van der Waals surface area contributed by atoms with Gasteiger partial charge in [-0.15, -0.1) is 11.3 Å². The fraction of sp³-hybridized carbons (Fsp3) is 0. The van der Waals surface area contributed by atoms with E-state index in [0.29, 0.717) is 0 Å². The number of nitrogens with zero attached hydrogens (tertiary/aromatic N) is 1. The Hall–Kier alpha value is -6.12. The van der Waals surface area contributed by atoms with Gasteiger partial charge in [-0.3, -0.25) is 0 Å². The van der Waals surface area contributed by atoms with Crippen molar-refractivity contribution in [3.8, 4) is 33.5 Å². The molecule has 0 N–H and O–H groups in total. The molecule has 0 aliphatic heterocycles. The predicted octanol–water partition coefficient (Wildman–Crippen LogP) is 12.4. The molecule has 0 bridgehead atoms. The molecule has 2 heterocycles. The van der Waals surface area contributed by atoms with Crippen LogP contribution < -0.4 is 15.9 Å². The van der Waals surface area contributed by atoms with Gasteiger partial charge in [0, 0.05) is 57.8 Å². The zero-order chi connectivity index (χ0) is 35.4. The van der Waals surface area contributed by atoms with Crippen LogP contribution in [0, 0.1) is 0 Å². The molecule has 53 heavy (non-hydrogen) atoms. The maximum absolute atomic E-state index is 14.9. The third kappa shape index (κ3) is 5.32. The van der Waals surface area contributed by atoms with E-state index in [4.69, 9.17) is 4.98 Å². The van der Waals surface area contributed by atoms with Crippen LogP contribution in [0.2, 0.25) is 0 Å². The standard InChI is InChI=1S/C49H32NOPS/c51-52(38-17-6-2-7-18-38,39-19-8-3-9-20-39)40-26-23-33(24-27-40)35-15-12-16-36(31-35)37-25-29-45-43(32-37)48-46(53-45)30-28-42-47(48)41-21-10-11-22-44(41)50-49(42)34-13-4-1-5-14-34/h1-32H. The molecule has 10 rings (SSSR count). The number of benzene rings is 8. The van der Waals surface area contributed by atoms with Gasteiger partial charge in [-0.25, -0.2) is 4.98 Å². The van der Waals surface area contributed by atoms with Crippen LogP contribution in [0.5, 0.6) is 0 Å². The lowest BCUT2D eigenvalue weighted by Gasteiger charge is -2.20. The van der Waals surface area contributed by atoms with Gasteiger partial charge in [0.1, 0.15) is 0 Å². The molecule has 0 unspecified atom stereocenters. The van der Waals surface area contributed by atoms with Gasteiger partial charge in [0.05, 0.1) is 11.2 Å². The molecule has 8 aromatic carbocycles. The zero-order valence-electron chi connectivity index (χ0n) is 28.7. The Kier molecular flexibility index (Phi) is 7.65. The van der Waals surface area contributed by atoms with Crippen LogP contribution in [0.15, 0.2) is 194 Å². The van der Waals surface area contributed by atoms with Crippen molar-refractivity contribution in [1.29, 1.82) is 0 Å². The molecule has 4 heteroatoms. The third-order valence-corrected chi connectivity index (χ3v) is 14.6. The molecule has 0 radical (unpaired) electrons. The molecule has 0 atom stereocenters. The normalized spacial score (nSPS) is 11.8. The highest BCUT2D eigenvalue weighted by atomic mass is 32.1. The first kappa shape index (κ1) is 31.6. The summed E-state index contributed by atoms with van der Waals surface area (Å²) in [5, 5.41) is 8.65. The lowest BCUT2D eigenvalue weighted by molar-refractivity contribution is 0.592. The number of fused-ring (bicyclic) bond motifs is 7. The first-order chi connectivity index (χ1) is 26.1. The van der Waals surface area contributed by atoms with E-state index in [1.165, 1.54) is 41.9 Å². The third-order valence-electron chi connectivity index (χ3n) is 10.3. The Labute approximate surface area is 312 Å². The molecule has 0 fully saturated rings. The molecular weight excluding hydrogens is 682 g/mol. The van der Waals surface area contributed by atoms with Gasteiger partial charge in [0.2, 0.25) is 0 Å². The highest BCUT2D eigenvalue weighted by Gasteiger charge is 2.29. The summed E-state index contributed by atoms with van der Waals surface area (Å²) in [7, 11) is -3.04. The van der Waals surface area contributed by atoms with Crippen LogP contribution in [-0.2, 0) is 4.57 Å². The summed E-state index contributed by atoms with van der Waals surface area (Å²) in [4.78, 5) is 5.19. The molecule has 2 nitrogen and oxygen atoms in total. The maximum Gasteiger partial charge on any atom is 0.171 e. The molecule has 0 saturated heterocycles. The SMILES string of the molecule is O=P(c1ccccc1)(c1ccccc1)c1ccc(-c2cccc(-c3ccc4sc5ccc6c(-c7ccccc7)nc7ccccc7c6c5c4c3)c2)cc1. The van der Waals surface area contributed by atoms with Gasteiger partial charge in [-0.05, 0) is 52.6 Å². The Morgan fingerprint density at radius 3 is 1.64 bits per heavy atom. The quantitative estimate of drug-likeness (QED) is 0.127. The molecule has 0 aliphatic rings. The fourth-order valence-electron chi connectivity index (χ4n) is 7.77. The van der Waals surface area contributed by atoms with Crippen molar-refractivity contribution in [2.24, 2.45) is 0 Å². The summed E-state index contributed by atoms with van der Waals surface area (Å²) in [6.45, 7) is 0. The van der Waals surface area contributed by atoms with Gasteiger partial charge in [-0.2, -0.15) is 0 Å². The fourth-order valence-corrected chi connectivity index (χ4v) is 11.5. The lowest BCUT2D eigenvalue weighted by atomic mass is 9.94. The highest BCUT2D eigenvalue weighted by molar-refractivity contribution is 7.85. The number of thiophene rings is 1. The van der Waals surface area contributed by atoms with Crippen LogP contribution in [0.3, 0.4) is 0 Å². The molecule has 0 aliphatic carbocycles.